The van der Waals surface area contributed by atoms with Gasteiger partial charge < -0.3 is 28.4 Å². The predicted octanol–water partition coefficient (Wildman–Crippen LogP) is 1.49. The Labute approximate surface area is 232 Å². The predicted molar refractivity (Wildman–Crippen MR) is 144 cm³/mol. The number of aromatic nitrogens is 1. The summed E-state index contributed by atoms with van der Waals surface area (Å²) in [6.07, 6.45) is 4.09. The van der Waals surface area contributed by atoms with Gasteiger partial charge in [0.2, 0.25) is 6.54 Å². The first-order chi connectivity index (χ1) is 18.0. The fourth-order valence-corrected chi connectivity index (χ4v) is 3.79. The van der Waals surface area contributed by atoms with E-state index in [1.165, 1.54) is 0 Å². The molecule has 4 aromatic rings. The molecular formula is C29H26Cl2N4O3. The number of hydrogen-bond acceptors (Lipinski definition) is 3. The molecule has 9 heteroatoms. The van der Waals surface area contributed by atoms with Gasteiger partial charge in [-0.25, -0.2) is 0 Å². The highest BCUT2D eigenvalue weighted by molar-refractivity contribution is 6.30. The number of carbonyl (C=O) groups excluding carboxylic acids is 3. The summed E-state index contributed by atoms with van der Waals surface area (Å²) >= 11 is 5.88. The quantitative estimate of drug-likeness (QED) is 0.277. The van der Waals surface area contributed by atoms with Gasteiger partial charge in [0, 0.05) is 34.6 Å². The van der Waals surface area contributed by atoms with Crippen LogP contribution < -0.4 is 32.9 Å². The molecule has 0 fully saturated rings. The SMILES string of the molecule is O=C(C[n+]1cccc(C(=O)NCCc2ccccc2)c1)Nc1cccc(C(=O)Nc2ccc(Cl)cc2)c1.[Cl-]. The lowest BCUT2D eigenvalue weighted by atomic mass is 10.1. The van der Waals surface area contributed by atoms with E-state index in [1.807, 2.05) is 30.3 Å². The Balaban J connectivity index is 0.00000400. The van der Waals surface area contributed by atoms with Crippen molar-refractivity contribution < 1.29 is 31.4 Å². The van der Waals surface area contributed by atoms with Crippen molar-refractivity contribution in [3.8, 4) is 0 Å². The molecule has 194 valence electrons. The van der Waals surface area contributed by atoms with Gasteiger partial charge in [0.1, 0.15) is 5.56 Å². The highest BCUT2D eigenvalue weighted by Crippen LogP contribution is 2.16. The maximum absolute atomic E-state index is 12.7. The van der Waals surface area contributed by atoms with Crippen molar-refractivity contribution in [1.29, 1.82) is 0 Å². The van der Waals surface area contributed by atoms with E-state index < -0.39 is 0 Å². The largest absolute Gasteiger partial charge is 1.00 e. The number of anilines is 2. The Morgan fingerprint density at radius 3 is 2.24 bits per heavy atom. The summed E-state index contributed by atoms with van der Waals surface area (Å²) in [5.41, 5.74) is 3.11. The van der Waals surface area contributed by atoms with Crippen molar-refractivity contribution >= 4 is 40.7 Å². The van der Waals surface area contributed by atoms with Gasteiger partial charge in [-0.2, -0.15) is 4.57 Å². The molecule has 0 saturated heterocycles. The molecule has 0 aliphatic carbocycles. The second kappa shape index (κ2) is 13.9. The monoisotopic (exact) mass is 548 g/mol. The van der Waals surface area contributed by atoms with Gasteiger partial charge in [-0.3, -0.25) is 14.4 Å². The Morgan fingerprint density at radius 2 is 1.47 bits per heavy atom. The number of halogens is 2. The lowest BCUT2D eigenvalue weighted by Gasteiger charge is -2.08. The van der Waals surface area contributed by atoms with E-state index in [9.17, 15) is 14.4 Å². The molecule has 38 heavy (non-hydrogen) atoms. The molecule has 3 N–H and O–H groups in total. The molecule has 3 amide bonds. The number of nitrogens with zero attached hydrogens (tertiary/aromatic N) is 1. The molecule has 7 nitrogen and oxygen atoms in total. The first-order valence-electron chi connectivity index (χ1n) is 11.7. The third-order valence-electron chi connectivity index (χ3n) is 5.50. The average Bonchev–Trinajstić information content (AvgIpc) is 2.91. The molecule has 1 aromatic heterocycles. The summed E-state index contributed by atoms with van der Waals surface area (Å²) < 4.78 is 1.64. The molecule has 0 bridgehead atoms. The number of benzene rings is 3. The minimum atomic E-state index is -0.307. The smallest absolute Gasteiger partial charge is 0.290 e. The van der Waals surface area contributed by atoms with Crippen LogP contribution in [-0.2, 0) is 17.8 Å². The van der Waals surface area contributed by atoms with E-state index in [1.54, 1.807) is 77.6 Å². The summed E-state index contributed by atoms with van der Waals surface area (Å²) in [7, 11) is 0. The van der Waals surface area contributed by atoms with Crippen LogP contribution in [-0.4, -0.2) is 24.3 Å². The van der Waals surface area contributed by atoms with Crippen LogP contribution >= 0.6 is 11.6 Å². The Bertz CT molecular complexity index is 1400. The summed E-state index contributed by atoms with van der Waals surface area (Å²) in [6.45, 7) is 0.520. The Morgan fingerprint density at radius 1 is 0.737 bits per heavy atom. The van der Waals surface area contributed by atoms with Crippen LogP contribution in [0.2, 0.25) is 5.02 Å². The number of hydrogen-bond donors (Lipinski definition) is 3. The maximum Gasteiger partial charge on any atom is 0.290 e. The second-order valence-electron chi connectivity index (χ2n) is 8.35. The minimum Gasteiger partial charge on any atom is -1.00 e. The van der Waals surface area contributed by atoms with E-state index in [-0.39, 0.29) is 36.7 Å². The summed E-state index contributed by atoms with van der Waals surface area (Å²) in [5.74, 6) is -0.800. The highest BCUT2D eigenvalue weighted by Gasteiger charge is 2.15. The van der Waals surface area contributed by atoms with Crippen LogP contribution in [0.1, 0.15) is 26.3 Å². The number of nitrogens with one attached hydrogen (secondary N) is 3. The zero-order chi connectivity index (χ0) is 26.0. The molecule has 0 spiro atoms. The minimum absolute atomic E-state index is 0. The molecule has 0 radical (unpaired) electrons. The van der Waals surface area contributed by atoms with E-state index in [4.69, 9.17) is 11.6 Å². The third kappa shape index (κ3) is 8.44. The van der Waals surface area contributed by atoms with Crippen molar-refractivity contribution in [2.45, 2.75) is 13.0 Å². The van der Waals surface area contributed by atoms with Crippen LogP contribution in [0, 0.1) is 0 Å². The fraction of sp³-hybridized carbons (Fsp3) is 0.103. The van der Waals surface area contributed by atoms with E-state index in [0.717, 1.165) is 12.0 Å². The normalized spacial score (nSPS) is 10.1. The van der Waals surface area contributed by atoms with Gasteiger partial charge >= 0.3 is 0 Å². The van der Waals surface area contributed by atoms with Crippen molar-refractivity contribution in [2.24, 2.45) is 0 Å². The van der Waals surface area contributed by atoms with Gasteiger partial charge in [0.25, 0.3) is 17.7 Å². The lowest BCUT2D eigenvalue weighted by molar-refractivity contribution is -0.684. The number of rotatable bonds is 9. The van der Waals surface area contributed by atoms with Gasteiger partial charge in [0.15, 0.2) is 12.4 Å². The van der Waals surface area contributed by atoms with Crippen molar-refractivity contribution in [1.82, 2.24) is 5.32 Å². The number of carbonyl (C=O) groups is 3. The summed E-state index contributed by atoms with van der Waals surface area (Å²) in [5, 5.41) is 9.08. The molecule has 0 aliphatic heterocycles. The molecular weight excluding hydrogens is 523 g/mol. The molecule has 0 aliphatic rings. The van der Waals surface area contributed by atoms with E-state index in [0.29, 0.717) is 34.1 Å². The van der Waals surface area contributed by atoms with Crippen molar-refractivity contribution in [3.05, 3.63) is 125 Å². The standard InChI is InChI=1S/C29H25ClN4O3.ClH/c30-24-11-13-25(14-12-24)33-29(37)22-8-4-10-26(18-22)32-27(35)20-34-17-5-9-23(19-34)28(36)31-16-15-21-6-2-1-3-7-21;/h1-14,17-19H,15-16,20H2,(H2-,31,32,33,35,36,37);1H. The summed E-state index contributed by atoms with van der Waals surface area (Å²) in [4.78, 5) is 37.8. The first kappa shape index (κ1) is 28.4. The van der Waals surface area contributed by atoms with Gasteiger partial charge in [-0.1, -0.05) is 48.0 Å². The number of pyridine rings is 1. The van der Waals surface area contributed by atoms with Gasteiger partial charge in [0.05, 0.1) is 0 Å². The highest BCUT2D eigenvalue weighted by atomic mass is 35.5. The van der Waals surface area contributed by atoms with Crippen LogP contribution in [0.15, 0.2) is 103 Å². The molecule has 0 unspecified atom stereocenters. The van der Waals surface area contributed by atoms with E-state index in [2.05, 4.69) is 16.0 Å². The van der Waals surface area contributed by atoms with Crippen LogP contribution in [0.25, 0.3) is 0 Å². The topological polar surface area (TPSA) is 91.2 Å². The first-order valence-corrected chi connectivity index (χ1v) is 12.1. The van der Waals surface area contributed by atoms with Crippen LogP contribution in [0.5, 0.6) is 0 Å². The molecule has 4 rings (SSSR count). The maximum atomic E-state index is 12.7. The molecule has 1 heterocycles. The zero-order valence-electron chi connectivity index (χ0n) is 20.4. The van der Waals surface area contributed by atoms with Gasteiger partial charge in [-0.15, -0.1) is 0 Å². The third-order valence-corrected chi connectivity index (χ3v) is 5.75. The van der Waals surface area contributed by atoms with Gasteiger partial charge in [-0.05, 0) is 60.5 Å². The van der Waals surface area contributed by atoms with E-state index >= 15 is 0 Å². The fourth-order valence-electron chi connectivity index (χ4n) is 3.66. The second-order valence-corrected chi connectivity index (χ2v) is 8.78. The van der Waals surface area contributed by atoms with Crippen LogP contribution in [0.3, 0.4) is 0 Å². The Hall–Kier alpha value is -4.20. The average molecular weight is 549 g/mol. The molecule has 0 saturated carbocycles. The number of amides is 3. The van der Waals surface area contributed by atoms with Crippen molar-refractivity contribution in [2.75, 3.05) is 17.2 Å². The molecule has 0 atom stereocenters. The molecule has 3 aromatic carbocycles. The van der Waals surface area contributed by atoms with Crippen LogP contribution in [0.4, 0.5) is 11.4 Å². The zero-order valence-corrected chi connectivity index (χ0v) is 21.9. The van der Waals surface area contributed by atoms with Crippen molar-refractivity contribution in [3.63, 3.8) is 0 Å². The Kier molecular flexibility index (Phi) is 10.4. The summed E-state index contributed by atoms with van der Waals surface area (Å²) in [6, 6.07) is 26.8. The lowest BCUT2D eigenvalue weighted by Crippen LogP contribution is -3.00.